The molecular formula is C15H25N3O3. The van der Waals surface area contributed by atoms with Gasteiger partial charge in [0.25, 0.3) is 0 Å². The molecule has 0 saturated carbocycles. The summed E-state index contributed by atoms with van der Waals surface area (Å²) in [4.78, 5) is 15.1. The number of ether oxygens (including phenoxy) is 2. The molecule has 118 valence electrons. The third kappa shape index (κ3) is 3.63. The van der Waals surface area contributed by atoms with E-state index in [1.807, 2.05) is 0 Å². The van der Waals surface area contributed by atoms with Crippen molar-refractivity contribution in [3.05, 3.63) is 11.9 Å². The maximum atomic E-state index is 12.8. The molecule has 0 bridgehead atoms. The standard InChI is InChI=1S/C15H25N3O3/c1-4-6-17-8-9-21-13(11-17)15(19)14-12(20-3)10-16-18(14)7-5-2/h10,13H,4-9,11H2,1-3H3. The van der Waals surface area contributed by atoms with Gasteiger partial charge in [-0.3, -0.25) is 14.4 Å². The van der Waals surface area contributed by atoms with Crippen LogP contribution in [0.4, 0.5) is 0 Å². The minimum atomic E-state index is -0.425. The summed E-state index contributed by atoms with van der Waals surface area (Å²) in [6, 6.07) is 0. The molecule has 1 aliphatic rings. The first-order valence-electron chi connectivity index (χ1n) is 7.69. The third-order valence-electron chi connectivity index (χ3n) is 3.68. The molecular weight excluding hydrogens is 270 g/mol. The Morgan fingerprint density at radius 1 is 1.43 bits per heavy atom. The summed E-state index contributed by atoms with van der Waals surface area (Å²) in [7, 11) is 1.56. The van der Waals surface area contributed by atoms with Crippen molar-refractivity contribution in [1.29, 1.82) is 0 Å². The van der Waals surface area contributed by atoms with Crippen LogP contribution in [0.15, 0.2) is 6.20 Å². The van der Waals surface area contributed by atoms with Crippen molar-refractivity contribution in [2.75, 3.05) is 33.4 Å². The van der Waals surface area contributed by atoms with Gasteiger partial charge in [0, 0.05) is 19.6 Å². The second-order valence-corrected chi connectivity index (χ2v) is 5.31. The summed E-state index contributed by atoms with van der Waals surface area (Å²) in [5.41, 5.74) is 0.530. The van der Waals surface area contributed by atoms with E-state index in [0.717, 1.165) is 25.9 Å². The minimum absolute atomic E-state index is 0.0291. The van der Waals surface area contributed by atoms with E-state index in [4.69, 9.17) is 9.47 Å². The zero-order valence-electron chi connectivity index (χ0n) is 13.2. The fourth-order valence-corrected chi connectivity index (χ4v) is 2.68. The van der Waals surface area contributed by atoms with Crippen molar-refractivity contribution in [2.45, 2.75) is 39.3 Å². The molecule has 1 aromatic rings. The SMILES string of the molecule is CCCN1CCOC(C(=O)c2c(OC)cnn2CCC)C1. The lowest BCUT2D eigenvalue weighted by Gasteiger charge is -2.31. The molecule has 6 nitrogen and oxygen atoms in total. The van der Waals surface area contributed by atoms with Crippen LogP contribution >= 0.6 is 0 Å². The van der Waals surface area contributed by atoms with Crippen LogP contribution in [0, 0.1) is 0 Å². The molecule has 0 radical (unpaired) electrons. The molecule has 1 saturated heterocycles. The number of Topliss-reactive ketones (excluding diaryl/α,β-unsaturated/α-hetero) is 1. The zero-order valence-corrected chi connectivity index (χ0v) is 13.2. The molecule has 1 aromatic heterocycles. The quantitative estimate of drug-likeness (QED) is 0.715. The van der Waals surface area contributed by atoms with Crippen molar-refractivity contribution in [1.82, 2.24) is 14.7 Å². The number of aromatic nitrogens is 2. The van der Waals surface area contributed by atoms with Gasteiger partial charge in [-0.2, -0.15) is 5.10 Å². The van der Waals surface area contributed by atoms with Gasteiger partial charge in [0.2, 0.25) is 5.78 Å². The molecule has 0 aromatic carbocycles. The number of nitrogens with zero attached hydrogens (tertiary/aromatic N) is 3. The largest absolute Gasteiger partial charge is 0.493 e. The highest BCUT2D eigenvalue weighted by Crippen LogP contribution is 2.22. The number of hydrogen-bond acceptors (Lipinski definition) is 5. The molecule has 0 N–H and O–H groups in total. The van der Waals surface area contributed by atoms with Crippen molar-refractivity contribution in [3.8, 4) is 5.75 Å². The molecule has 1 unspecified atom stereocenters. The minimum Gasteiger partial charge on any atom is -0.493 e. The predicted octanol–water partition coefficient (Wildman–Crippen LogP) is 1.60. The fraction of sp³-hybridized carbons (Fsp3) is 0.733. The first kappa shape index (κ1) is 16.0. The van der Waals surface area contributed by atoms with Gasteiger partial charge < -0.3 is 9.47 Å². The molecule has 2 rings (SSSR count). The van der Waals surface area contributed by atoms with Crippen LogP contribution in [-0.4, -0.2) is 59.9 Å². The summed E-state index contributed by atoms with van der Waals surface area (Å²) in [5, 5.41) is 4.25. The molecule has 0 amide bonds. The van der Waals surface area contributed by atoms with Gasteiger partial charge >= 0.3 is 0 Å². The number of rotatable bonds is 7. The number of ketones is 1. The smallest absolute Gasteiger partial charge is 0.214 e. The van der Waals surface area contributed by atoms with E-state index in [1.54, 1.807) is 18.0 Å². The normalized spacial score (nSPS) is 19.7. The Labute approximate surface area is 126 Å². The Bertz CT molecular complexity index is 471. The van der Waals surface area contributed by atoms with Crippen LogP contribution in [0.2, 0.25) is 0 Å². The van der Waals surface area contributed by atoms with E-state index in [9.17, 15) is 4.79 Å². The number of morpholine rings is 1. The van der Waals surface area contributed by atoms with Crippen molar-refractivity contribution in [2.24, 2.45) is 0 Å². The first-order valence-corrected chi connectivity index (χ1v) is 7.69. The van der Waals surface area contributed by atoms with Gasteiger partial charge in [-0.05, 0) is 19.4 Å². The lowest BCUT2D eigenvalue weighted by Crippen LogP contribution is -2.46. The van der Waals surface area contributed by atoms with E-state index >= 15 is 0 Å². The Balaban J connectivity index is 2.16. The predicted molar refractivity (Wildman–Crippen MR) is 79.9 cm³/mol. The van der Waals surface area contributed by atoms with Gasteiger partial charge in [-0.15, -0.1) is 0 Å². The number of aryl methyl sites for hydroxylation is 1. The Hall–Kier alpha value is -1.40. The molecule has 21 heavy (non-hydrogen) atoms. The van der Waals surface area contributed by atoms with E-state index in [2.05, 4.69) is 23.8 Å². The van der Waals surface area contributed by atoms with E-state index in [-0.39, 0.29) is 5.78 Å². The average Bonchev–Trinajstić information content (AvgIpc) is 2.90. The van der Waals surface area contributed by atoms with E-state index in [0.29, 0.717) is 31.1 Å². The summed E-state index contributed by atoms with van der Waals surface area (Å²) >= 11 is 0. The Morgan fingerprint density at radius 3 is 2.86 bits per heavy atom. The van der Waals surface area contributed by atoms with Crippen LogP contribution < -0.4 is 4.74 Å². The molecule has 1 aliphatic heterocycles. The van der Waals surface area contributed by atoms with Gasteiger partial charge in [0.05, 0.1) is 19.9 Å². The first-order chi connectivity index (χ1) is 10.2. The van der Waals surface area contributed by atoms with Crippen molar-refractivity contribution < 1.29 is 14.3 Å². The Morgan fingerprint density at radius 2 is 2.19 bits per heavy atom. The molecule has 6 heteroatoms. The fourth-order valence-electron chi connectivity index (χ4n) is 2.68. The third-order valence-corrected chi connectivity index (χ3v) is 3.68. The lowest BCUT2D eigenvalue weighted by atomic mass is 10.1. The number of carbonyl (C=O) groups excluding carboxylic acids is 1. The Kier molecular flexibility index (Phi) is 5.76. The lowest BCUT2D eigenvalue weighted by molar-refractivity contribution is -0.0170. The molecule has 1 atom stereocenters. The van der Waals surface area contributed by atoms with Gasteiger partial charge in [0.1, 0.15) is 11.8 Å². The number of carbonyl (C=O) groups is 1. The van der Waals surface area contributed by atoms with Gasteiger partial charge in [-0.25, -0.2) is 0 Å². The van der Waals surface area contributed by atoms with Gasteiger partial charge in [0.15, 0.2) is 5.75 Å². The summed E-state index contributed by atoms with van der Waals surface area (Å²) in [5.74, 6) is 0.503. The van der Waals surface area contributed by atoms with Crippen molar-refractivity contribution in [3.63, 3.8) is 0 Å². The number of methoxy groups -OCH3 is 1. The highest BCUT2D eigenvalue weighted by Gasteiger charge is 2.31. The van der Waals surface area contributed by atoms with Crippen LogP contribution in [-0.2, 0) is 11.3 Å². The van der Waals surface area contributed by atoms with Crippen LogP contribution in [0.1, 0.15) is 37.2 Å². The highest BCUT2D eigenvalue weighted by atomic mass is 16.5. The van der Waals surface area contributed by atoms with Crippen molar-refractivity contribution >= 4 is 5.78 Å². The summed E-state index contributed by atoms with van der Waals surface area (Å²) < 4.78 is 12.7. The van der Waals surface area contributed by atoms with Crippen LogP contribution in [0.3, 0.4) is 0 Å². The molecule has 2 heterocycles. The zero-order chi connectivity index (χ0) is 15.2. The topological polar surface area (TPSA) is 56.6 Å². The second kappa shape index (κ2) is 7.56. The number of hydrogen-bond donors (Lipinski definition) is 0. The average molecular weight is 295 g/mol. The van der Waals surface area contributed by atoms with Crippen LogP contribution in [0.5, 0.6) is 5.75 Å². The van der Waals surface area contributed by atoms with E-state index in [1.165, 1.54) is 0 Å². The monoisotopic (exact) mass is 295 g/mol. The summed E-state index contributed by atoms with van der Waals surface area (Å²) in [6.07, 6.45) is 3.18. The maximum absolute atomic E-state index is 12.8. The van der Waals surface area contributed by atoms with Crippen LogP contribution in [0.25, 0.3) is 0 Å². The van der Waals surface area contributed by atoms with Gasteiger partial charge in [-0.1, -0.05) is 13.8 Å². The molecule has 0 spiro atoms. The maximum Gasteiger partial charge on any atom is 0.214 e. The molecule has 0 aliphatic carbocycles. The second-order valence-electron chi connectivity index (χ2n) is 5.31. The molecule has 1 fully saturated rings. The van der Waals surface area contributed by atoms with E-state index < -0.39 is 6.10 Å². The highest BCUT2D eigenvalue weighted by molar-refractivity contribution is 6.00. The summed E-state index contributed by atoms with van der Waals surface area (Å²) in [6.45, 7) is 8.04.